The molecular formula is C19H22O. The Kier molecular flexibility index (Phi) is 4.39. The Labute approximate surface area is 121 Å². The van der Waals surface area contributed by atoms with Gasteiger partial charge in [-0.3, -0.25) is 0 Å². The summed E-state index contributed by atoms with van der Waals surface area (Å²) in [7, 11) is 0. The highest BCUT2D eigenvalue weighted by Crippen LogP contribution is 2.24. The maximum Gasteiger partial charge on any atom is 0.127 e. The Morgan fingerprint density at radius 3 is 2.05 bits per heavy atom. The smallest absolute Gasteiger partial charge is 0.127 e. The predicted octanol–water partition coefficient (Wildman–Crippen LogP) is 4.51. The maximum absolute atomic E-state index is 11.3. The van der Waals surface area contributed by atoms with Gasteiger partial charge in [0.25, 0.3) is 0 Å². The van der Waals surface area contributed by atoms with E-state index in [4.69, 9.17) is 0 Å². The molecule has 0 fully saturated rings. The van der Waals surface area contributed by atoms with Gasteiger partial charge in [0.1, 0.15) is 6.29 Å². The van der Waals surface area contributed by atoms with Gasteiger partial charge in [-0.2, -0.15) is 0 Å². The maximum atomic E-state index is 11.3. The highest BCUT2D eigenvalue weighted by atomic mass is 16.1. The van der Waals surface area contributed by atoms with Gasteiger partial charge in [0, 0.05) is 5.92 Å². The Morgan fingerprint density at radius 2 is 1.55 bits per heavy atom. The highest BCUT2D eigenvalue weighted by Gasteiger charge is 2.14. The summed E-state index contributed by atoms with van der Waals surface area (Å²) in [4.78, 5) is 11.3. The van der Waals surface area contributed by atoms with Gasteiger partial charge in [0.15, 0.2) is 0 Å². The van der Waals surface area contributed by atoms with Gasteiger partial charge in [-0.15, -0.1) is 0 Å². The molecule has 1 nitrogen and oxygen atoms in total. The zero-order valence-electron chi connectivity index (χ0n) is 12.5. The van der Waals surface area contributed by atoms with Crippen molar-refractivity contribution in [1.82, 2.24) is 0 Å². The molecule has 0 aromatic heterocycles. The van der Waals surface area contributed by atoms with Gasteiger partial charge in [-0.1, -0.05) is 75.4 Å². The first kappa shape index (κ1) is 14.5. The molecule has 104 valence electrons. The summed E-state index contributed by atoms with van der Waals surface area (Å²) in [5.41, 5.74) is 3.78. The first-order valence-electron chi connectivity index (χ1n) is 7.10. The fourth-order valence-electron chi connectivity index (χ4n) is 2.34. The van der Waals surface area contributed by atoms with Crippen LogP contribution in [0.4, 0.5) is 0 Å². The summed E-state index contributed by atoms with van der Waals surface area (Å²) in [6, 6.07) is 18.6. The molecule has 0 aliphatic heterocycles. The number of benzene rings is 2. The van der Waals surface area contributed by atoms with Crippen LogP contribution in [0.3, 0.4) is 0 Å². The highest BCUT2D eigenvalue weighted by molar-refractivity contribution is 5.62. The molecule has 1 unspecified atom stereocenters. The monoisotopic (exact) mass is 266 g/mol. The quantitative estimate of drug-likeness (QED) is 0.744. The van der Waals surface area contributed by atoms with Gasteiger partial charge in [-0.05, 0) is 28.5 Å². The number of rotatable bonds is 4. The molecule has 0 amide bonds. The second-order valence-corrected chi connectivity index (χ2v) is 6.30. The van der Waals surface area contributed by atoms with E-state index in [1.807, 2.05) is 30.3 Å². The minimum Gasteiger partial charge on any atom is -0.303 e. The fraction of sp³-hybridized carbons (Fsp3) is 0.316. The lowest BCUT2D eigenvalue weighted by Gasteiger charge is -2.19. The number of hydrogen-bond acceptors (Lipinski definition) is 1. The molecule has 0 aliphatic carbocycles. The molecular weight excluding hydrogens is 244 g/mol. The second kappa shape index (κ2) is 6.04. The van der Waals surface area contributed by atoms with Crippen LogP contribution >= 0.6 is 0 Å². The lowest BCUT2D eigenvalue weighted by molar-refractivity contribution is -0.109. The molecule has 0 saturated heterocycles. The zero-order chi connectivity index (χ0) is 14.6. The largest absolute Gasteiger partial charge is 0.303 e. The summed E-state index contributed by atoms with van der Waals surface area (Å²) in [6.07, 6.45) is 1.81. The van der Waals surface area contributed by atoms with Crippen molar-refractivity contribution in [2.24, 2.45) is 0 Å². The molecule has 1 heteroatoms. The average molecular weight is 266 g/mol. The normalized spacial score (nSPS) is 12.9. The molecule has 2 aromatic carbocycles. The van der Waals surface area contributed by atoms with Crippen molar-refractivity contribution in [3.63, 3.8) is 0 Å². The fourth-order valence-corrected chi connectivity index (χ4v) is 2.34. The van der Waals surface area contributed by atoms with Gasteiger partial charge < -0.3 is 4.79 Å². The second-order valence-electron chi connectivity index (χ2n) is 6.30. The Hall–Kier alpha value is -1.89. The van der Waals surface area contributed by atoms with Gasteiger partial charge in [0.2, 0.25) is 0 Å². The predicted molar refractivity (Wildman–Crippen MR) is 84.1 cm³/mol. The Bertz CT molecular complexity index is 547. The van der Waals surface area contributed by atoms with Crippen molar-refractivity contribution in [1.29, 1.82) is 0 Å². The van der Waals surface area contributed by atoms with Crippen molar-refractivity contribution in [3.05, 3.63) is 71.3 Å². The molecule has 0 heterocycles. The van der Waals surface area contributed by atoms with E-state index in [1.54, 1.807) is 0 Å². The summed E-state index contributed by atoms with van der Waals surface area (Å²) in [6.45, 7) is 6.63. The van der Waals surface area contributed by atoms with Crippen molar-refractivity contribution in [2.45, 2.75) is 38.5 Å². The molecule has 1 atom stereocenters. The van der Waals surface area contributed by atoms with E-state index in [2.05, 4.69) is 45.0 Å². The topological polar surface area (TPSA) is 17.1 Å². The number of hydrogen-bond donors (Lipinski definition) is 0. The standard InChI is InChI=1S/C19H22O/c1-19(2,3)18-11-9-15(10-12-18)13-17(14-20)16-7-5-4-6-8-16/h4-12,14,17H,13H2,1-3H3. The number of carbonyl (C=O) groups excluding carboxylic acids is 1. The van der Waals surface area contributed by atoms with E-state index in [0.717, 1.165) is 18.3 Å². The third-order valence-electron chi connectivity index (χ3n) is 3.67. The summed E-state index contributed by atoms with van der Waals surface area (Å²) in [5.74, 6) is -0.0586. The minimum atomic E-state index is -0.0586. The van der Waals surface area contributed by atoms with Crippen LogP contribution in [0.25, 0.3) is 0 Å². The summed E-state index contributed by atoms with van der Waals surface area (Å²) < 4.78 is 0. The molecule has 0 bridgehead atoms. The Morgan fingerprint density at radius 1 is 0.950 bits per heavy atom. The van der Waals surface area contributed by atoms with E-state index in [1.165, 1.54) is 11.1 Å². The molecule has 2 rings (SSSR count). The van der Waals surface area contributed by atoms with Crippen LogP contribution in [0, 0.1) is 0 Å². The van der Waals surface area contributed by atoms with Crippen molar-refractivity contribution >= 4 is 6.29 Å². The number of carbonyl (C=O) groups is 1. The molecule has 0 saturated carbocycles. The van der Waals surface area contributed by atoms with E-state index in [0.29, 0.717) is 0 Å². The number of aldehydes is 1. The van der Waals surface area contributed by atoms with E-state index in [9.17, 15) is 4.79 Å². The lowest BCUT2D eigenvalue weighted by atomic mass is 9.85. The van der Waals surface area contributed by atoms with Crippen LogP contribution in [0.1, 0.15) is 43.4 Å². The van der Waals surface area contributed by atoms with Crippen LogP contribution in [0.5, 0.6) is 0 Å². The first-order valence-corrected chi connectivity index (χ1v) is 7.10. The molecule has 0 radical (unpaired) electrons. The van der Waals surface area contributed by atoms with Gasteiger partial charge in [0.05, 0.1) is 0 Å². The molecule has 0 spiro atoms. The summed E-state index contributed by atoms with van der Waals surface area (Å²) in [5, 5.41) is 0. The lowest BCUT2D eigenvalue weighted by Crippen LogP contribution is -2.11. The SMILES string of the molecule is CC(C)(C)c1ccc(CC(C=O)c2ccccc2)cc1. The average Bonchev–Trinajstić information content (AvgIpc) is 2.45. The van der Waals surface area contributed by atoms with Crippen molar-refractivity contribution in [2.75, 3.05) is 0 Å². The summed E-state index contributed by atoms with van der Waals surface area (Å²) >= 11 is 0. The van der Waals surface area contributed by atoms with E-state index >= 15 is 0 Å². The molecule has 0 aliphatic rings. The molecule has 0 N–H and O–H groups in total. The van der Waals surface area contributed by atoms with Crippen molar-refractivity contribution in [3.8, 4) is 0 Å². The zero-order valence-corrected chi connectivity index (χ0v) is 12.5. The third-order valence-corrected chi connectivity index (χ3v) is 3.67. The molecule has 2 aromatic rings. The third kappa shape index (κ3) is 3.57. The molecule has 20 heavy (non-hydrogen) atoms. The van der Waals surface area contributed by atoms with Crippen LogP contribution in [0.15, 0.2) is 54.6 Å². The first-order chi connectivity index (χ1) is 9.50. The van der Waals surface area contributed by atoms with Crippen LogP contribution in [0.2, 0.25) is 0 Å². The van der Waals surface area contributed by atoms with Gasteiger partial charge >= 0.3 is 0 Å². The van der Waals surface area contributed by atoms with Crippen LogP contribution in [-0.2, 0) is 16.6 Å². The Balaban J connectivity index is 2.15. The van der Waals surface area contributed by atoms with Gasteiger partial charge in [-0.25, -0.2) is 0 Å². The van der Waals surface area contributed by atoms with Crippen molar-refractivity contribution < 1.29 is 4.79 Å². The van der Waals surface area contributed by atoms with Crippen LogP contribution < -0.4 is 0 Å². The van der Waals surface area contributed by atoms with Crippen LogP contribution in [-0.4, -0.2) is 6.29 Å². The van der Waals surface area contributed by atoms with E-state index in [-0.39, 0.29) is 11.3 Å². The minimum absolute atomic E-state index is 0.0586. The van der Waals surface area contributed by atoms with E-state index < -0.39 is 0 Å².